The van der Waals surface area contributed by atoms with Gasteiger partial charge in [-0.2, -0.15) is 0 Å². The maximum absolute atomic E-state index is 12.1. The van der Waals surface area contributed by atoms with E-state index < -0.39 is 6.71 Å². The highest BCUT2D eigenvalue weighted by Gasteiger charge is 2.48. The van der Waals surface area contributed by atoms with Crippen molar-refractivity contribution in [1.82, 2.24) is 4.57 Å². The van der Waals surface area contributed by atoms with Gasteiger partial charge in [0, 0.05) is 96.2 Å². The molecule has 5 heterocycles. The van der Waals surface area contributed by atoms with Crippen LogP contribution in [0, 0.1) is 0 Å². The maximum atomic E-state index is 12.1. The van der Waals surface area contributed by atoms with Gasteiger partial charge in [0.1, 0.15) is 0 Å². The molecule has 0 saturated carbocycles. The van der Waals surface area contributed by atoms with Crippen molar-refractivity contribution >= 4 is 164 Å². The van der Waals surface area contributed by atoms with Gasteiger partial charge in [0.2, 0.25) is 0 Å². The third-order valence-electron chi connectivity index (χ3n) is 23.2. The van der Waals surface area contributed by atoms with E-state index in [1.165, 1.54) is 36.7 Å². The second-order valence-electron chi connectivity index (χ2n) is 32.9. The van der Waals surface area contributed by atoms with Gasteiger partial charge in [0.25, 0.3) is 6.71 Å². The van der Waals surface area contributed by atoms with Crippen LogP contribution < -0.4 is 25.5 Å². The molecule has 16 aromatic carbocycles. The predicted octanol–water partition coefficient (Wildman–Crippen LogP) is 27.6. The van der Waals surface area contributed by atoms with E-state index in [0.29, 0.717) is 16.8 Å². The van der Waals surface area contributed by atoms with Crippen molar-refractivity contribution in [3.63, 3.8) is 0 Å². The topological polar surface area (TPSA) is 11.4 Å². The standard InChI is InChI=1S/C102H78BN3S2/c1-100(2,3)70-45-48-76-91(59-70)108-99-98(76)106(97-80(63-31-18-12-19-32-63)57-72(102(7,8)9)58-81(97)64-33-20-13-21-34-64)88-54-69(67-44-50-90-82(51-67)75-38-23-25-40-89(75)107-90)53-87-94(88)103(99)84-49-46-73(104-85-39-24-22-37-74(85)83-52-68-42-41-65-35-26-36-66-43-47-77(95(83)104)93(68)92(65)66)60-86(84)105(87)96-78(61-27-14-10-15-28-61)55-71(101(4,5)6)56-79(96)62-29-16-11-17-30-62/h10-60H,1-9H3/i46D,49D,60D. The summed E-state index contributed by atoms with van der Waals surface area (Å²) in [5.41, 5.74) is 22.4. The second kappa shape index (κ2) is 23.9. The Labute approximate surface area is 643 Å². The third-order valence-corrected chi connectivity index (χ3v) is 25.6. The SMILES string of the molecule is [2H]c1c([2H])c(-n2c3ccccc3c3cc4ccc5cccc6ccc(c4c56)c32)c([2H])c2c1B1c3sc4cc(C(C)(C)C)ccc4c3N(c3c(-c4ccccc4)cc(C(C)(C)C)cc3-c3ccccc3)c3cc(-c4ccc5sc6ccccc6c5c4)cc(c31)N2c1c(-c2ccccc2)cc(C(C)(C)C)cc1-c1ccccc1. The summed E-state index contributed by atoms with van der Waals surface area (Å²) in [5.74, 6) is 0. The minimum Gasteiger partial charge on any atom is -0.310 e. The van der Waals surface area contributed by atoms with Crippen LogP contribution in [-0.2, 0) is 16.2 Å². The smallest absolute Gasteiger partial charge is 0.264 e. The molecule has 0 aliphatic carbocycles. The lowest BCUT2D eigenvalue weighted by molar-refractivity contribution is 0.590. The molecule has 108 heavy (non-hydrogen) atoms. The third kappa shape index (κ3) is 9.92. The lowest BCUT2D eigenvalue weighted by Gasteiger charge is -2.45. The fraction of sp³-hybridized carbons (Fsp3) is 0.118. The van der Waals surface area contributed by atoms with Crippen LogP contribution in [0.15, 0.2) is 309 Å². The molecular formula is C102H78BN3S2. The van der Waals surface area contributed by atoms with Gasteiger partial charge in [-0.3, -0.25) is 0 Å². The molecule has 0 radical (unpaired) electrons. The quantitative estimate of drug-likeness (QED) is 0.111. The van der Waals surface area contributed by atoms with Crippen LogP contribution in [0.1, 0.15) is 83.1 Å². The number of rotatable bonds is 8. The monoisotopic (exact) mass is 1420 g/mol. The Balaban J connectivity index is 0.995. The summed E-state index contributed by atoms with van der Waals surface area (Å²) in [7, 11) is 0. The Morgan fingerprint density at radius 1 is 0.324 bits per heavy atom. The van der Waals surface area contributed by atoms with E-state index in [2.05, 4.69) is 368 Å². The molecule has 2 aliphatic heterocycles. The molecule has 516 valence electrons. The first kappa shape index (κ1) is 61.4. The number of para-hydroxylation sites is 1. The zero-order valence-corrected chi connectivity index (χ0v) is 63.6. The number of aromatic nitrogens is 1. The van der Waals surface area contributed by atoms with E-state index in [0.717, 1.165) is 159 Å². The molecule has 6 heteroatoms. The molecule has 19 aromatic rings. The van der Waals surface area contributed by atoms with E-state index in [-0.39, 0.29) is 34.4 Å². The first-order valence-corrected chi connectivity index (χ1v) is 39.5. The lowest BCUT2D eigenvalue weighted by Crippen LogP contribution is -2.60. The summed E-state index contributed by atoms with van der Waals surface area (Å²) >= 11 is 3.64. The van der Waals surface area contributed by atoms with Crippen LogP contribution in [0.3, 0.4) is 0 Å². The van der Waals surface area contributed by atoms with Crippen LogP contribution in [0.4, 0.5) is 34.1 Å². The van der Waals surface area contributed by atoms with E-state index >= 15 is 0 Å². The summed E-state index contributed by atoms with van der Waals surface area (Å²) in [6.07, 6.45) is 0. The van der Waals surface area contributed by atoms with Crippen molar-refractivity contribution in [2.24, 2.45) is 0 Å². The largest absolute Gasteiger partial charge is 0.310 e. The second-order valence-corrected chi connectivity index (χ2v) is 35.1. The summed E-state index contributed by atoms with van der Waals surface area (Å²) in [4.78, 5) is 5.10. The van der Waals surface area contributed by atoms with E-state index in [1.807, 2.05) is 22.7 Å². The Hall–Kier alpha value is -11.8. The molecule has 0 amide bonds. The molecule has 3 aromatic heterocycles. The van der Waals surface area contributed by atoms with Crippen molar-refractivity contribution < 1.29 is 4.11 Å². The molecule has 21 rings (SSSR count). The van der Waals surface area contributed by atoms with Gasteiger partial charge in [-0.05, 0) is 189 Å². The molecule has 3 nitrogen and oxygen atoms in total. The highest BCUT2D eigenvalue weighted by atomic mass is 32.1. The van der Waals surface area contributed by atoms with E-state index in [9.17, 15) is 4.11 Å². The van der Waals surface area contributed by atoms with Crippen molar-refractivity contribution in [3.05, 3.63) is 326 Å². The van der Waals surface area contributed by atoms with Gasteiger partial charge >= 0.3 is 0 Å². The van der Waals surface area contributed by atoms with Crippen molar-refractivity contribution in [1.29, 1.82) is 0 Å². The molecule has 0 spiro atoms. The number of thiophene rings is 2. The van der Waals surface area contributed by atoms with Crippen LogP contribution >= 0.6 is 22.7 Å². The number of fused-ring (bicyclic) bond motifs is 13. The molecule has 0 atom stereocenters. The molecule has 0 unspecified atom stereocenters. The lowest BCUT2D eigenvalue weighted by atomic mass is 9.36. The van der Waals surface area contributed by atoms with Crippen LogP contribution in [0.2, 0.25) is 0 Å². The van der Waals surface area contributed by atoms with Crippen molar-refractivity contribution in [2.45, 2.75) is 78.6 Å². The molecule has 2 aliphatic rings. The molecule has 0 bridgehead atoms. The first-order chi connectivity index (χ1) is 53.7. The zero-order valence-electron chi connectivity index (χ0n) is 64.9. The fourth-order valence-corrected chi connectivity index (χ4v) is 20.3. The average Bonchev–Trinajstić information content (AvgIpc) is 1.67. The van der Waals surface area contributed by atoms with Gasteiger partial charge in [-0.15, -0.1) is 22.7 Å². The minimum absolute atomic E-state index is 0.00443. The van der Waals surface area contributed by atoms with Crippen LogP contribution in [0.5, 0.6) is 0 Å². The Morgan fingerprint density at radius 3 is 1.44 bits per heavy atom. The highest BCUT2D eigenvalue weighted by Crippen LogP contribution is 2.58. The van der Waals surface area contributed by atoms with Gasteiger partial charge in [0.05, 0.1) is 32.2 Å². The Morgan fingerprint density at radius 2 is 0.843 bits per heavy atom. The fourth-order valence-electron chi connectivity index (χ4n) is 17.8. The predicted molar refractivity (Wildman–Crippen MR) is 470 cm³/mol. The molecule has 0 N–H and O–H groups in total. The molecule has 0 saturated heterocycles. The average molecular weight is 1420 g/mol. The number of hydrogen-bond donors (Lipinski definition) is 0. The Kier molecular flexibility index (Phi) is 13.6. The van der Waals surface area contributed by atoms with Crippen molar-refractivity contribution in [2.75, 3.05) is 9.80 Å². The number of benzene rings is 16. The van der Waals surface area contributed by atoms with Gasteiger partial charge in [-0.1, -0.05) is 287 Å². The normalized spacial score (nSPS) is 13.6. The minimum atomic E-state index is -0.672. The van der Waals surface area contributed by atoms with Gasteiger partial charge in [0.15, 0.2) is 0 Å². The summed E-state index contributed by atoms with van der Waals surface area (Å²) in [6, 6.07) is 108. The number of nitrogens with zero attached hydrogens (tertiary/aromatic N) is 3. The van der Waals surface area contributed by atoms with E-state index in [4.69, 9.17) is 0 Å². The van der Waals surface area contributed by atoms with Crippen LogP contribution in [0.25, 0.3) is 146 Å². The number of anilines is 6. The number of hydrogen-bond acceptors (Lipinski definition) is 4. The summed E-state index contributed by atoms with van der Waals surface area (Å²) < 4.78 is 42.0. The summed E-state index contributed by atoms with van der Waals surface area (Å²) in [6.45, 7) is 20.1. The zero-order chi connectivity index (χ0) is 75.4. The summed E-state index contributed by atoms with van der Waals surface area (Å²) in [5, 5.41) is 12.4. The van der Waals surface area contributed by atoms with Crippen molar-refractivity contribution in [3.8, 4) is 61.3 Å². The first-order valence-electron chi connectivity index (χ1n) is 39.3. The highest BCUT2D eigenvalue weighted by molar-refractivity contribution is 7.33. The Bertz CT molecular complexity index is 6980. The van der Waals surface area contributed by atoms with Crippen LogP contribution in [-0.4, -0.2) is 11.3 Å². The molecular weight excluding hydrogens is 1340 g/mol. The maximum Gasteiger partial charge on any atom is 0.264 e. The van der Waals surface area contributed by atoms with E-state index in [1.54, 1.807) is 0 Å². The molecule has 0 fully saturated rings. The van der Waals surface area contributed by atoms with Gasteiger partial charge < -0.3 is 14.4 Å². The van der Waals surface area contributed by atoms with Gasteiger partial charge in [-0.25, -0.2) is 0 Å².